The number of thioether (sulfide) groups is 1. The van der Waals surface area contributed by atoms with E-state index in [4.69, 9.17) is 4.42 Å². The molecular weight excluding hydrogens is 368 g/mol. The number of rotatable bonds is 8. The Morgan fingerprint density at radius 1 is 1.11 bits per heavy atom. The topological polar surface area (TPSA) is 55.1 Å². The van der Waals surface area contributed by atoms with Crippen LogP contribution in [0.15, 0.2) is 53.1 Å². The highest BCUT2D eigenvalue weighted by atomic mass is 32.2. The van der Waals surface area contributed by atoms with E-state index in [1.807, 2.05) is 44.2 Å². The van der Waals surface area contributed by atoms with E-state index in [-0.39, 0.29) is 5.91 Å². The van der Waals surface area contributed by atoms with Crippen molar-refractivity contribution in [3.8, 4) is 11.5 Å². The van der Waals surface area contributed by atoms with Crippen LogP contribution in [0.25, 0.3) is 11.5 Å². The molecule has 0 fully saturated rings. The second-order valence-corrected chi connectivity index (χ2v) is 8.09. The van der Waals surface area contributed by atoms with E-state index in [0.717, 1.165) is 46.0 Å². The summed E-state index contributed by atoms with van der Waals surface area (Å²) in [6.45, 7) is 6.14. The first-order valence-corrected chi connectivity index (χ1v) is 10.6. The third-order valence-corrected chi connectivity index (χ3v) is 5.53. The van der Waals surface area contributed by atoms with Gasteiger partial charge in [-0.25, -0.2) is 4.98 Å². The molecular formula is C23H26N2O2S. The standard InChI is InChI=1S/C23H26N2O2S/c1-16-12-17(2)22(18(3)13-16)25-21(26)10-7-11-28-15-20-14-27-23(24-20)19-8-5-4-6-9-19/h4-6,8-9,12-14H,7,10-11,15H2,1-3H3,(H,25,26). The summed E-state index contributed by atoms with van der Waals surface area (Å²) < 4.78 is 5.55. The number of aryl methyl sites for hydroxylation is 3. The van der Waals surface area contributed by atoms with Gasteiger partial charge in [-0.3, -0.25) is 4.79 Å². The van der Waals surface area contributed by atoms with E-state index < -0.39 is 0 Å². The van der Waals surface area contributed by atoms with Gasteiger partial charge in [-0.1, -0.05) is 35.9 Å². The second-order valence-electron chi connectivity index (χ2n) is 6.99. The van der Waals surface area contributed by atoms with E-state index in [0.29, 0.717) is 12.3 Å². The first-order valence-electron chi connectivity index (χ1n) is 9.48. The molecule has 0 radical (unpaired) electrons. The zero-order valence-corrected chi connectivity index (χ0v) is 17.4. The maximum absolute atomic E-state index is 12.2. The Bertz CT molecular complexity index is 912. The minimum atomic E-state index is 0.0726. The Kier molecular flexibility index (Phi) is 6.93. The number of aromatic nitrogens is 1. The van der Waals surface area contributed by atoms with Gasteiger partial charge in [-0.2, -0.15) is 11.8 Å². The molecule has 1 N–H and O–H groups in total. The molecule has 3 rings (SSSR count). The van der Waals surface area contributed by atoms with Gasteiger partial charge in [0.1, 0.15) is 6.26 Å². The van der Waals surface area contributed by atoms with Gasteiger partial charge in [0.05, 0.1) is 5.69 Å². The van der Waals surface area contributed by atoms with Gasteiger partial charge in [0.2, 0.25) is 11.8 Å². The van der Waals surface area contributed by atoms with Crippen LogP contribution in [-0.2, 0) is 10.5 Å². The normalized spacial score (nSPS) is 10.8. The van der Waals surface area contributed by atoms with Crippen molar-refractivity contribution in [1.82, 2.24) is 4.98 Å². The molecule has 0 saturated carbocycles. The maximum Gasteiger partial charge on any atom is 0.226 e. The summed E-state index contributed by atoms with van der Waals surface area (Å²) in [7, 11) is 0. The van der Waals surface area contributed by atoms with Crippen LogP contribution in [0.1, 0.15) is 35.2 Å². The number of amides is 1. The van der Waals surface area contributed by atoms with E-state index in [9.17, 15) is 4.79 Å². The Hall–Kier alpha value is -2.53. The summed E-state index contributed by atoms with van der Waals surface area (Å²) in [5.41, 5.74) is 6.30. The van der Waals surface area contributed by atoms with Gasteiger partial charge in [0.15, 0.2) is 0 Å². The fourth-order valence-corrected chi connectivity index (χ4v) is 4.01. The highest BCUT2D eigenvalue weighted by Gasteiger charge is 2.09. The van der Waals surface area contributed by atoms with Crippen molar-refractivity contribution >= 4 is 23.4 Å². The predicted molar refractivity (Wildman–Crippen MR) is 117 cm³/mol. The maximum atomic E-state index is 12.2. The number of nitrogens with zero attached hydrogens (tertiary/aromatic N) is 1. The number of nitrogens with one attached hydrogen (secondary N) is 1. The molecule has 0 aliphatic carbocycles. The Balaban J connectivity index is 1.39. The fraction of sp³-hybridized carbons (Fsp3) is 0.304. The average molecular weight is 395 g/mol. The largest absolute Gasteiger partial charge is 0.444 e. The van der Waals surface area contributed by atoms with Crippen LogP contribution in [-0.4, -0.2) is 16.6 Å². The molecule has 28 heavy (non-hydrogen) atoms. The molecule has 0 atom stereocenters. The number of hydrogen-bond donors (Lipinski definition) is 1. The number of anilines is 1. The third-order valence-electron chi connectivity index (χ3n) is 4.46. The molecule has 1 amide bonds. The van der Waals surface area contributed by atoms with Gasteiger partial charge in [0.25, 0.3) is 0 Å². The molecule has 0 bridgehead atoms. The highest BCUT2D eigenvalue weighted by molar-refractivity contribution is 7.98. The molecule has 4 nitrogen and oxygen atoms in total. The lowest BCUT2D eigenvalue weighted by Gasteiger charge is -2.12. The highest BCUT2D eigenvalue weighted by Crippen LogP contribution is 2.23. The molecule has 0 spiro atoms. The summed E-state index contributed by atoms with van der Waals surface area (Å²) in [6, 6.07) is 14.1. The lowest BCUT2D eigenvalue weighted by atomic mass is 10.0. The molecule has 146 valence electrons. The minimum Gasteiger partial charge on any atom is -0.444 e. The minimum absolute atomic E-state index is 0.0726. The van der Waals surface area contributed by atoms with E-state index in [1.54, 1.807) is 18.0 Å². The molecule has 5 heteroatoms. The summed E-state index contributed by atoms with van der Waals surface area (Å²) in [4.78, 5) is 16.8. The lowest BCUT2D eigenvalue weighted by molar-refractivity contribution is -0.116. The molecule has 0 unspecified atom stereocenters. The number of benzene rings is 2. The second kappa shape index (κ2) is 9.60. The third kappa shape index (κ3) is 5.49. The zero-order chi connectivity index (χ0) is 19.9. The number of carbonyl (C=O) groups is 1. The summed E-state index contributed by atoms with van der Waals surface area (Å²) in [5.74, 6) is 2.42. The molecule has 1 aromatic heterocycles. The van der Waals surface area contributed by atoms with Gasteiger partial charge < -0.3 is 9.73 Å². The summed E-state index contributed by atoms with van der Waals surface area (Å²) in [5, 5.41) is 3.06. The lowest BCUT2D eigenvalue weighted by Crippen LogP contribution is -2.13. The van der Waals surface area contributed by atoms with Gasteiger partial charge in [-0.15, -0.1) is 0 Å². The zero-order valence-electron chi connectivity index (χ0n) is 16.6. The average Bonchev–Trinajstić information content (AvgIpc) is 3.14. The monoisotopic (exact) mass is 394 g/mol. The van der Waals surface area contributed by atoms with E-state index in [1.165, 1.54) is 5.56 Å². The van der Waals surface area contributed by atoms with Crippen molar-refractivity contribution in [3.05, 3.63) is 71.1 Å². The van der Waals surface area contributed by atoms with Crippen LogP contribution in [0.2, 0.25) is 0 Å². The van der Waals surface area contributed by atoms with Crippen LogP contribution in [0.3, 0.4) is 0 Å². The molecule has 1 heterocycles. The van der Waals surface area contributed by atoms with Gasteiger partial charge in [0, 0.05) is 23.4 Å². The van der Waals surface area contributed by atoms with Gasteiger partial charge in [-0.05, 0) is 56.2 Å². The van der Waals surface area contributed by atoms with Crippen LogP contribution >= 0.6 is 11.8 Å². The Morgan fingerprint density at radius 3 is 2.54 bits per heavy atom. The predicted octanol–water partition coefficient (Wildman–Crippen LogP) is 5.92. The van der Waals surface area contributed by atoms with Crippen molar-refractivity contribution in [2.75, 3.05) is 11.1 Å². The molecule has 0 saturated heterocycles. The van der Waals surface area contributed by atoms with E-state index in [2.05, 4.69) is 29.4 Å². The van der Waals surface area contributed by atoms with Crippen LogP contribution < -0.4 is 5.32 Å². The van der Waals surface area contributed by atoms with Crippen molar-refractivity contribution in [2.45, 2.75) is 39.4 Å². The van der Waals surface area contributed by atoms with Crippen molar-refractivity contribution in [1.29, 1.82) is 0 Å². The smallest absolute Gasteiger partial charge is 0.226 e. The van der Waals surface area contributed by atoms with Crippen molar-refractivity contribution < 1.29 is 9.21 Å². The molecule has 3 aromatic rings. The number of oxazole rings is 1. The quantitative estimate of drug-likeness (QED) is 0.482. The summed E-state index contributed by atoms with van der Waals surface area (Å²) in [6.07, 6.45) is 3.07. The van der Waals surface area contributed by atoms with Crippen LogP contribution in [0.4, 0.5) is 5.69 Å². The van der Waals surface area contributed by atoms with Crippen molar-refractivity contribution in [3.63, 3.8) is 0 Å². The number of carbonyl (C=O) groups excluding carboxylic acids is 1. The van der Waals surface area contributed by atoms with Crippen molar-refractivity contribution in [2.24, 2.45) is 0 Å². The SMILES string of the molecule is Cc1cc(C)c(NC(=O)CCCSCc2coc(-c3ccccc3)n2)c(C)c1. The van der Waals surface area contributed by atoms with Crippen LogP contribution in [0.5, 0.6) is 0 Å². The molecule has 0 aliphatic rings. The first kappa shape index (κ1) is 20.2. The number of hydrogen-bond acceptors (Lipinski definition) is 4. The van der Waals surface area contributed by atoms with Gasteiger partial charge >= 0.3 is 0 Å². The Morgan fingerprint density at radius 2 is 1.82 bits per heavy atom. The molecule has 2 aromatic carbocycles. The van der Waals surface area contributed by atoms with Crippen LogP contribution in [0, 0.1) is 20.8 Å². The van der Waals surface area contributed by atoms with E-state index >= 15 is 0 Å². The molecule has 0 aliphatic heterocycles. The summed E-state index contributed by atoms with van der Waals surface area (Å²) >= 11 is 1.77. The first-order chi connectivity index (χ1) is 13.5. The fourth-order valence-electron chi connectivity index (χ4n) is 3.18. The Labute approximate surface area is 170 Å².